The summed E-state index contributed by atoms with van der Waals surface area (Å²) in [5.74, 6) is 0. The first kappa shape index (κ1) is 30.1. The predicted octanol–water partition coefficient (Wildman–Crippen LogP) is 2.94. The number of rotatable bonds is 19. The minimum atomic E-state index is -4.16. The second-order valence-corrected chi connectivity index (χ2v) is 9.46. The van der Waals surface area contributed by atoms with Crippen molar-refractivity contribution < 1.29 is 47.6 Å². The number of hydrogen-bond acceptors (Lipinski definition) is 4. The molecule has 4 nitrogen and oxygen atoms in total. The van der Waals surface area contributed by atoms with E-state index in [0.717, 1.165) is 70.6 Å². The Hall–Kier alpha value is 0.870. The Morgan fingerprint density at radius 3 is 1.44 bits per heavy atom. The number of unbranched alkanes of at least 4 members (excludes halogenated alkanes) is 10. The van der Waals surface area contributed by atoms with Gasteiger partial charge in [0.2, 0.25) is 0 Å². The van der Waals surface area contributed by atoms with E-state index in [4.69, 9.17) is 0 Å². The van der Waals surface area contributed by atoms with E-state index in [1.165, 1.54) is 25.7 Å². The summed E-state index contributed by atoms with van der Waals surface area (Å²) in [7, 11) is -4.16. The molecule has 0 bridgehead atoms. The first-order chi connectivity index (χ1) is 12.4. The van der Waals surface area contributed by atoms with Crippen LogP contribution in [0.25, 0.3) is 0 Å². The predicted molar refractivity (Wildman–Crippen MR) is 109 cm³/mol. The van der Waals surface area contributed by atoms with Gasteiger partial charge in [-0.1, -0.05) is 97.3 Å². The minimum Gasteiger partial charge on any atom is -0.748 e. The zero-order valence-electron chi connectivity index (χ0n) is 18.3. The monoisotopic (exact) mass is 414 g/mol. The van der Waals surface area contributed by atoms with Gasteiger partial charge in [0.05, 0.1) is 16.2 Å². The maximum absolute atomic E-state index is 11.4. The van der Waals surface area contributed by atoms with Gasteiger partial charge in [0.1, 0.15) is 0 Å². The van der Waals surface area contributed by atoms with Crippen LogP contribution in [0.3, 0.4) is 0 Å². The van der Waals surface area contributed by atoms with Gasteiger partial charge < -0.3 is 9.66 Å². The molecule has 0 saturated carbocycles. The molecule has 0 aliphatic heterocycles. The van der Waals surface area contributed by atoms with Crippen molar-refractivity contribution in [3.63, 3.8) is 0 Å². The van der Waals surface area contributed by atoms with Gasteiger partial charge in [-0.15, -0.1) is 0 Å². The van der Waals surface area contributed by atoms with Crippen LogP contribution >= 0.6 is 0 Å². The zero-order valence-corrected chi connectivity index (χ0v) is 21.1. The maximum atomic E-state index is 11.4. The van der Waals surface area contributed by atoms with E-state index in [1.54, 1.807) is 0 Å². The van der Waals surface area contributed by atoms with Gasteiger partial charge in [0.25, 0.3) is 0 Å². The van der Waals surface area contributed by atoms with Crippen molar-refractivity contribution >= 4 is 10.1 Å². The Balaban J connectivity index is 0. The third-order valence-corrected chi connectivity index (χ3v) is 6.53. The number of aliphatic hydroxyl groups is 1. The van der Waals surface area contributed by atoms with Gasteiger partial charge in [-0.25, -0.2) is 8.42 Å². The average molecular weight is 415 g/mol. The Morgan fingerprint density at radius 1 is 0.667 bits per heavy atom. The summed E-state index contributed by atoms with van der Waals surface area (Å²) in [5, 5.41) is 9.19. The van der Waals surface area contributed by atoms with Gasteiger partial charge in [0, 0.05) is 5.25 Å². The molecular weight excluding hydrogens is 371 g/mol. The van der Waals surface area contributed by atoms with Crippen LogP contribution in [0.1, 0.15) is 123 Å². The van der Waals surface area contributed by atoms with Crippen molar-refractivity contribution in [1.82, 2.24) is 0 Å². The summed E-state index contributed by atoms with van der Waals surface area (Å²) in [6, 6.07) is 0. The van der Waals surface area contributed by atoms with Crippen LogP contribution < -0.4 is 29.6 Å². The van der Waals surface area contributed by atoms with Crippen LogP contribution in [0.2, 0.25) is 0 Å². The van der Waals surface area contributed by atoms with Crippen molar-refractivity contribution in [1.29, 1.82) is 0 Å². The van der Waals surface area contributed by atoms with Crippen molar-refractivity contribution in [2.75, 3.05) is 0 Å². The van der Waals surface area contributed by atoms with E-state index in [1.807, 2.05) is 0 Å². The smallest absolute Gasteiger partial charge is 0.748 e. The van der Waals surface area contributed by atoms with Crippen molar-refractivity contribution in [3.05, 3.63) is 0 Å². The van der Waals surface area contributed by atoms with Gasteiger partial charge in [0.15, 0.2) is 0 Å². The molecule has 0 rings (SSSR count). The summed E-state index contributed by atoms with van der Waals surface area (Å²) in [6.07, 6.45) is 16.5. The summed E-state index contributed by atoms with van der Waals surface area (Å²) in [5.41, 5.74) is 0. The fourth-order valence-corrected chi connectivity index (χ4v) is 4.38. The molecule has 158 valence electrons. The molecule has 6 heteroatoms. The van der Waals surface area contributed by atoms with Crippen LogP contribution in [0.4, 0.5) is 0 Å². The first-order valence-corrected chi connectivity index (χ1v) is 12.5. The topological polar surface area (TPSA) is 77.4 Å². The summed E-state index contributed by atoms with van der Waals surface area (Å²) < 4.78 is 34.3. The Kier molecular flexibility index (Phi) is 22.4. The van der Waals surface area contributed by atoms with Crippen LogP contribution in [0, 0.1) is 0 Å². The Labute approximate surface area is 191 Å². The molecule has 0 fully saturated rings. The molecule has 0 aliphatic carbocycles. The molecule has 2 unspecified atom stereocenters. The largest absolute Gasteiger partial charge is 1.00 e. The van der Waals surface area contributed by atoms with E-state index >= 15 is 0 Å². The summed E-state index contributed by atoms with van der Waals surface area (Å²) in [4.78, 5) is 0. The minimum absolute atomic E-state index is 0. The second kappa shape index (κ2) is 20.2. The summed E-state index contributed by atoms with van der Waals surface area (Å²) in [6.45, 7) is 4.32. The van der Waals surface area contributed by atoms with Crippen molar-refractivity contribution in [3.8, 4) is 0 Å². The molecule has 0 aromatic rings. The maximum Gasteiger partial charge on any atom is 1.00 e. The van der Waals surface area contributed by atoms with Crippen molar-refractivity contribution in [2.24, 2.45) is 0 Å². The van der Waals surface area contributed by atoms with E-state index in [9.17, 15) is 18.1 Å². The first-order valence-electron chi connectivity index (χ1n) is 11.0. The van der Waals surface area contributed by atoms with Gasteiger partial charge in [-0.3, -0.25) is 0 Å². The number of aliphatic hydroxyl groups excluding tert-OH is 1. The SMILES string of the molecule is CCCCCCCC(CCCCCCCC(O)CCCCC)S(=O)(=O)[O-].[Na+]. The quantitative estimate of drug-likeness (QED) is 0.200. The molecular formula is C21H43NaO4S. The molecule has 0 aliphatic rings. The Morgan fingerprint density at radius 2 is 1.00 bits per heavy atom. The van der Waals surface area contributed by atoms with Gasteiger partial charge >= 0.3 is 29.6 Å². The average Bonchev–Trinajstić information content (AvgIpc) is 2.58. The van der Waals surface area contributed by atoms with Crippen LogP contribution in [0.15, 0.2) is 0 Å². The van der Waals surface area contributed by atoms with Crippen LogP contribution in [-0.4, -0.2) is 29.4 Å². The van der Waals surface area contributed by atoms with E-state index in [0.29, 0.717) is 12.8 Å². The molecule has 0 spiro atoms. The second-order valence-electron chi connectivity index (χ2n) is 7.81. The Bertz CT molecular complexity index is 401. The molecule has 1 N–H and O–H groups in total. The molecule has 0 saturated heterocycles. The molecule has 27 heavy (non-hydrogen) atoms. The third-order valence-electron chi connectivity index (χ3n) is 5.24. The van der Waals surface area contributed by atoms with E-state index in [-0.39, 0.29) is 35.7 Å². The van der Waals surface area contributed by atoms with E-state index < -0.39 is 15.4 Å². The van der Waals surface area contributed by atoms with Crippen molar-refractivity contribution in [2.45, 2.75) is 134 Å². The zero-order chi connectivity index (χ0) is 19.7. The molecule has 0 heterocycles. The molecule has 0 aromatic heterocycles. The molecule has 0 aromatic carbocycles. The van der Waals surface area contributed by atoms with Crippen LogP contribution in [-0.2, 0) is 10.1 Å². The fourth-order valence-electron chi connectivity index (χ4n) is 3.47. The summed E-state index contributed by atoms with van der Waals surface area (Å²) >= 11 is 0. The molecule has 0 amide bonds. The number of hydrogen-bond donors (Lipinski definition) is 1. The van der Waals surface area contributed by atoms with E-state index in [2.05, 4.69) is 13.8 Å². The molecule has 0 radical (unpaired) electrons. The van der Waals surface area contributed by atoms with Gasteiger partial charge in [-0.2, -0.15) is 0 Å². The normalized spacial score (nSPS) is 13.9. The third kappa shape index (κ3) is 19.9. The molecule has 2 atom stereocenters. The standard InChI is InChI=1S/C21H44O4S.Na/c1-3-5-7-9-14-18-21(26(23,24)25)19-15-11-8-10-13-17-20(22)16-12-6-4-2;/h20-22H,3-19H2,1-2H3,(H,23,24,25);/q;+1/p-1. The fraction of sp³-hybridized carbons (Fsp3) is 1.00. The van der Waals surface area contributed by atoms with Gasteiger partial charge in [-0.05, 0) is 25.7 Å². The van der Waals surface area contributed by atoms with Crippen LogP contribution in [0.5, 0.6) is 0 Å².